The SMILES string of the molecule is CCC(O)c1ccccc1N(CC)CC. The van der Waals surface area contributed by atoms with Crippen LogP contribution in [0.2, 0.25) is 0 Å². The van der Waals surface area contributed by atoms with Gasteiger partial charge < -0.3 is 10.0 Å². The fourth-order valence-electron chi connectivity index (χ4n) is 1.84. The number of rotatable bonds is 5. The Morgan fingerprint density at radius 2 is 1.73 bits per heavy atom. The smallest absolute Gasteiger partial charge is 0.0807 e. The fraction of sp³-hybridized carbons (Fsp3) is 0.538. The predicted molar refractivity (Wildman–Crippen MR) is 65.3 cm³/mol. The molecule has 2 heteroatoms. The second-order valence-corrected chi connectivity index (χ2v) is 3.66. The van der Waals surface area contributed by atoms with Gasteiger partial charge in [0.1, 0.15) is 0 Å². The summed E-state index contributed by atoms with van der Waals surface area (Å²) in [4.78, 5) is 2.27. The molecule has 15 heavy (non-hydrogen) atoms. The zero-order chi connectivity index (χ0) is 11.3. The predicted octanol–water partition coefficient (Wildman–Crippen LogP) is 2.98. The summed E-state index contributed by atoms with van der Waals surface area (Å²) in [6, 6.07) is 8.11. The number of para-hydroxylation sites is 1. The molecule has 0 amide bonds. The molecule has 0 fully saturated rings. The molecule has 0 aliphatic rings. The molecule has 1 unspecified atom stereocenters. The summed E-state index contributed by atoms with van der Waals surface area (Å²) in [6.45, 7) is 8.23. The zero-order valence-electron chi connectivity index (χ0n) is 9.90. The molecular weight excluding hydrogens is 186 g/mol. The van der Waals surface area contributed by atoms with E-state index in [-0.39, 0.29) is 6.10 Å². The van der Waals surface area contributed by atoms with E-state index in [0.29, 0.717) is 0 Å². The van der Waals surface area contributed by atoms with Gasteiger partial charge in [-0.2, -0.15) is 0 Å². The molecule has 0 saturated carbocycles. The second-order valence-electron chi connectivity index (χ2n) is 3.66. The van der Waals surface area contributed by atoms with Crippen LogP contribution in [0.5, 0.6) is 0 Å². The van der Waals surface area contributed by atoms with Gasteiger partial charge in [-0.3, -0.25) is 0 Å². The maximum Gasteiger partial charge on any atom is 0.0807 e. The fourth-order valence-corrected chi connectivity index (χ4v) is 1.84. The third-order valence-electron chi connectivity index (χ3n) is 2.79. The Labute approximate surface area is 92.5 Å². The van der Waals surface area contributed by atoms with Crippen LogP contribution >= 0.6 is 0 Å². The van der Waals surface area contributed by atoms with Crippen molar-refractivity contribution in [2.75, 3.05) is 18.0 Å². The van der Waals surface area contributed by atoms with Gasteiger partial charge in [0.15, 0.2) is 0 Å². The average Bonchev–Trinajstić information content (AvgIpc) is 2.30. The van der Waals surface area contributed by atoms with E-state index in [1.54, 1.807) is 0 Å². The summed E-state index contributed by atoms with van der Waals surface area (Å²) in [7, 11) is 0. The van der Waals surface area contributed by atoms with E-state index in [4.69, 9.17) is 0 Å². The quantitative estimate of drug-likeness (QED) is 0.802. The molecule has 0 spiro atoms. The number of benzene rings is 1. The molecule has 0 aliphatic heterocycles. The van der Waals surface area contributed by atoms with E-state index >= 15 is 0 Å². The molecule has 0 heterocycles. The number of hydrogen-bond acceptors (Lipinski definition) is 2. The lowest BCUT2D eigenvalue weighted by Gasteiger charge is -2.25. The monoisotopic (exact) mass is 207 g/mol. The molecule has 1 atom stereocenters. The lowest BCUT2D eigenvalue weighted by Crippen LogP contribution is -2.23. The first-order valence-corrected chi connectivity index (χ1v) is 5.76. The van der Waals surface area contributed by atoms with Crippen molar-refractivity contribution in [3.05, 3.63) is 29.8 Å². The third kappa shape index (κ3) is 2.72. The normalized spacial score (nSPS) is 12.5. The lowest BCUT2D eigenvalue weighted by molar-refractivity contribution is 0.174. The van der Waals surface area contributed by atoms with Gasteiger partial charge in [-0.05, 0) is 26.3 Å². The molecule has 0 bridgehead atoms. The topological polar surface area (TPSA) is 23.5 Å². The van der Waals surface area contributed by atoms with Crippen molar-refractivity contribution in [1.29, 1.82) is 0 Å². The van der Waals surface area contributed by atoms with Crippen LogP contribution < -0.4 is 4.90 Å². The van der Waals surface area contributed by atoms with Crippen molar-refractivity contribution in [2.45, 2.75) is 33.3 Å². The minimum absolute atomic E-state index is 0.346. The molecule has 0 aromatic heterocycles. The van der Waals surface area contributed by atoms with Gasteiger partial charge in [0, 0.05) is 24.3 Å². The van der Waals surface area contributed by atoms with Crippen molar-refractivity contribution in [3.63, 3.8) is 0 Å². The minimum Gasteiger partial charge on any atom is -0.388 e. The number of anilines is 1. The summed E-state index contributed by atoms with van der Waals surface area (Å²) in [5.74, 6) is 0. The van der Waals surface area contributed by atoms with Gasteiger partial charge in [0.2, 0.25) is 0 Å². The Balaban J connectivity index is 3.04. The Kier molecular flexibility index (Phi) is 4.63. The number of nitrogens with zero attached hydrogens (tertiary/aromatic N) is 1. The first-order valence-electron chi connectivity index (χ1n) is 5.76. The van der Waals surface area contributed by atoms with Gasteiger partial charge in [-0.15, -0.1) is 0 Å². The highest BCUT2D eigenvalue weighted by molar-refractivity contribution is 5.54. The largest absolute Gasteiger partial charge is 0.388 e. The number of aliphatic hydroxyl groups excluding tert-OH is 1. The van der Waals surface area contributed by atoms with Crippen LogP contribution in [0, 0.1) is 0 Å². The van der Waals surface area contributed by atoms with Crippen molar-refractivity contribution >= 4 is 5.69 Å². The summed E-state index contributed by atoms with van der Waals surface area (Å²) < 4.78 is 0. The van der Waals surface area contributed by atoms with Crippen LogP contribution in [0.4, 0.5) is 5.69 Å². The highest BCUT2D eigenvalue weighted by Gasteiger charge is 2.12. The minimum atomic E-state index is -0.346. The zero-order valence-corrected chi connectivity index (χ0v) is 9.90. The van der Waals surface area contributed by atoms with Gasteiger partial charge in [-0.25, -0.2) is 0 Å². The van der Waals surface area contributed by atoms with Gasteiger partial charge in [0.25, 0.3) is 0 Å². The standard InChI is InChI=1S/C13H21NO/c1-4-13(15)11-9-7-8-10-12(11)14(5-2)6-3/h7-10,13,15H,4-6H2,1-3H3. The number of aliphatic hydroxyl groups is 1. The van der Waals surface area contributed by atoms with E-state index in [1.807, 2.05) is 25.1 Å². The highest BCUT2D eigenvalue weighted by Crippen LogP contribution is 2.27. The molecule has 1 N–H and O–H groups in total. The van der Waals surface area contributed by atoms with E-state index in [9.17, 15) is 5.11 Å². The Morgan fingerprint density at radius 3 is 2.27 bits per heavy atom. The van der Waals surface area contributed by atoms with Gasteiger partial charge in [0.05, 0.1) is 6.10 Å². The maximum atomic E-state index is 9.92. The van der Waals surface area contributed by atoms with Crippen molar-refractivity contribution < 1.29 is 5.11 Å². The first-order chi connectivity index (χ1) is 7.24. The Bertz CT molecular complexity index is 294. The average molecular weight is 207 g/mol. The van der Waals surface area contributed by atoms with E-state index < -0.39 is 0 Å². The second kappa shape index (κ2) is 5.76. The third-order valence-corrected chi connectivity index (χ3v) is 2.79. The molecule has 0 saturated heterocycles. The number of hydrogen-bond donors (Lipinski definition) is 1. The molecule has 84 valence electrons. The maximum absolute atomic E-state index is 9.92. The lowest BCUT2D eigenvalue weighted by atomic mass is 10.0. The Hall–Kier alpha value is -1.02. The summed E-state index contributed by atoms with van der Waals surface area (Å²) in [5, 5.41) is 9.92. The van der Waals surface area contributed by atoms with E-state index in [0.717, 1.165) is 30.8 Å². The van der Waals surface area contributed by atoms with Crippen LogP contribution in [0.25, 0.3) is 0 Å². The van der Waals surface area contributed by atoms with E-state index in [1.165, 1.54) is 0 Å². The molecule has 2 nitrogen and oxygen atoms in total. The molecule has 1 aromatic rings. The summed E-state index contributed by atoms with van der Waals surface area (Å²) >= 11 is 0. The summed E-state index contributed by atoms with van der Waals surface area (Å²) in [5.41, 5.74) is 2.21. The van der Waals surface area contributed by atoms with Crippen molar-refractivity contribution in [2.24, 2.45) is 0 Å². The van der Waals surface area contributed by atoms with Crippen molar-refractivity contribution in [3.8, 4) is 0 Å². The highest BCUT2D eigenvalue weighted by atomic mass is 16.3. The molecule has 1 aromatic carbocycles. The molecule has 1 rings (SSSR count). The summed E-state index contributed by atoms with van der Waals surface area (Å²) in [6.07, 6.45) is 0.417. The van der Waals surface area contributed by atoms with Gasteiger partial charge in [-0.1, -0.05) is 25.1 Å². The molecule has 0 aliphatic carbocycles. The Morgan fingerprint density at radius 1 is 1.13 bits per heavy atom. The van der Waals surface area contributed by atoms with E-state index in [2.05, 4.69) is 24.8 Å². The van der Waals surface area contributed by atoms with Crippen LogP contribution in [-0.4, -0.2) is 18.2 Å². The first kappa shape index (κ1) is 12.1. The molecule has 0 radical (unpaired) electrons. The van der Waals surface area contributed by atoms with Crippen LogP contribution in [0.3, 0.4) is 0 Å². The van der Waals surface area contributed by atoms with Crippen LogP contribution in [0.15, 0.2) is 24.3 Å². The van der Waals surface area contributed by atoms with Gasteiger partial charge >= 0.3 is 0 Å². The van der Waals surface area contributed by atoms with Crippen molar-refractivity contribution in [1.82, 2.24) is 0 Å². The van der Waals surface area contributed by atoms with Crippen LogP contribution in [0.1, 0.15) is 38.9 Å². The van der Waals surface area contributed by atoms with Crippen LogP contribution in [-0.2, 0) is 0 Å². The molecular formula is C13H21NO.